The third-order valence-electron chi connectivity index (χ3n) is 4.32. The molecule has 0 amide bonds. The van der Waals surface area contributed by atoms with Gasteiger partial charge in [-0.1, -0.05) is 48.5 Å². The lowest BCUT2D eigenvalue weighted by molar-refractivity contribution is 0.0378. The van der Waals surface area contributed by atoms with Crippen LogP contribution in [0, 0.1) is 0 Å². The second-order valence-electron chi connectivity index (χ2n) is 6.75. The molecule has 0 spiro atoms. The maximum absolute atomic E-state index is 11.9. The Labute approximate surface area is 160 Å². The first-order valence-electron chi connectivity index (χ1n) is 9.08. The van der Waals surface area contributed by atoms with Gasteiger partial charge in [0.1, 0.15) is 5.75 Å². The van der Waals surface area contributed by atoms with E-state index in [4.69, 9.17) is 9.47 Å². The summed E-state index contributed by atoms with van der Waals surface area (Å²) >= 11 is 0. The second kappa shape index (κ2) is 8.54. The Balaban J connectivity index is 1.68. The summed E-state index contributed by atoms with van der Waals surface area (Å²) in [7, 11) is 1.67. The zero-order valence-electron chi connectivity index (χ0n) is 15.9. The Morgan fingerprint density at radius 2 is 1.26 bits per heavy atom. The van der Waals surface area contributed by atoms with Gasteiger partial charge in [-0.2, -0.15) is 0 Å². The van der Waals surface area contributed by atoms with Crippen molar-refractivity contribution in [2.24, 2.45) is 0 Å². The number of benzene rings is 3. The third kappa shape index (κ3) is 4.98. The molecule has 0 bridgehead atoms. The van der Waals surface area contributed by atoms with Crippen LogP contribution in [0.25, 0.3) is 11.1 Å². The molecule has 0 aliphatic heterocycles. The summed E-state index contributed by atoms with van der Waals surface area (Å²) in [5.74, 6) is 0.584. The maximum Gasteiger partial charge on any atom is 0.338 e. The molecule has 0 heterocycles. The molecular weight excluding hydrogens is 336 g/mol. The number of methoxy groups -OCH3 is 1. The molecule has 0 saturated carbocycles. The first kappa shape index (κ1) is 18.7. The number of ether oxygens (including phenoxy) is 2. The van der Waals surface area contributed by atoms with Crippen molar-refractivity contribution < 1.29 is 14.3 Å². The highest BCUT2D eigenvalue weighted by Crippen LogP contribution is 2.22. The SMILES string of the molecule is COc1ccc(Cc2ccc(-c3ccc(C(=O)OC(C)C)cc3)cc2)cc1. The highest BCUT2D eigenvalue weighted by molar-refractivity contribution is 5.90. The van der Waals surface area contributed by atoms with Crippen molar-refractivity contribution in [3.05, 3.63) is 89.5 Å². The number of hydrogen-bond donors (Lipinski definition) is 0. The van der Waals surface area contributed by atoms with Gasteiger partial charge in [0.25, 0.3) is 0 Å². The molecular formula is C24H24O3. The number of carbonyl (C=O) groups excluding carboxylic acids is 1. The van der Waals surface area contributed by atoms with Gasteiger partial charge in [0.15, 0.2) is 0 Å². The fourth-order valence-electron chi connectivity index (χ4n) is 2.88. The van der Waals surface area contributed by atoms with E-state index in [0.717, 1.165) is 23.3 Å². The molecule has 3 nitrogen and oxygen atoms in total. The Kier molecular flexibility index (Phi) is 5.92. The van der Waals surface area contributed by atoms with Crippen LogP contribution in [0.1, 0.15) is 35.3 Å². The van der Waals surface area contributed by atoms with Crippen molar-refractivity contribution >= 4 is 5.97 Å². The minimum atomic E-state index is -0.286. The molecule has 138 valence electrons. The van der Waals surface area contributed by atoms with Gasteiger partial charge in [0.2, 0.25) is 0 Å². The largest absolute Gasteiger partial charge is 0.497 e. The summed E-state index contributed by atoms with van der Waals surface area (Å²) in [4.78, 5) is 11.9. The molecule has 3 aromatic rings. The van der Waals surface area contributed by atoms with Crippen molar-refractivity contribution in [1.82, 2.24) is 0 Å². The summed E-state index contributed by atoms with van der Waals surface area (Å²) in [6, 6.07) is 24.2. The quantitative estimate of drug-likeness (QED) is 0.543. The molecule has 3 rings (SSSR count). The van der Waals surface area contributed by atoms with Crippen molar-refractivity contribution in [1.29, 1.82) is 0 Å². The van der Waals surface area contributed by atoms with E-state index in [2.05, 4.69) is 36.4 Å². The molecule has 0 saturated heterocycles. The molecule has 0 unspecified atom stereocenters. The van der Waals surface area contributed by atoms with Gasteiger partial charge in [-0.25, -0.2) is 4.79 Å². The second-order valence-corrected chi connectivity index (χ2v) is 6.75. The van der Waals surface area contributed by atoms with Crippen LogP contribution >= 0.6 is 0 Å². The Morgan fingerprint density at radius 3 is 1.74 bits per heavy atom. The van der Waals surface area contributed by atoms with Crippen LogP contribution in [0.4, 0.5) is 0 Å². The van der Waals surface area contributed by atoms with Crippen LogP contribution < -0.4 is 4.74 Å². The zero-order chi connectivity index (χ0) is 19.2. The molecule has 0 aliphatic rings. The van der Waals surface area contributed by atoms with Crippen molar-refractivity contribution in [3.8, 4) is 16.9 Å². The Hall–Kier alpha value is -3.07. The van der Waals surface area contributed by atoms with Crippen LogP contribution in [0.3, 0.4) is 0 Å². The van der Waals surface area contributed by atoms with E-state index in [9.17, 15) is 4.79 Å². The lowest BCUT2D eigenvalue weighted by Gasteiger charge is -2.09. The normalized spacial score (nSPS) is 10.7. The van der Waals surface area contributed by atoms with Gasteiger partial charge in [-0.05, 0) is 66.8 Å². The highest BCUT2D eigenvalue weighted by atomic mass is 16.5. The molecule has 0 fully saturated rings. The van der Waals surface area contributed by atoms with Gasteiger partial charge in [-0.15, -0.1) is 0 Å². The Bertz CT molecular complexity index is 876. The molecule has 3 aromatic carbocycles. The van der Waals surface area contributed by atoms with Crippen molar-refractivity contribution in [2.75, 3.05) is 7.11 Å². The van der Waals surface area contributed by atoms with Gasteiger partial charge in [-0.3, -0.25) is 0 Å². The van der Waals surface area contributed by atoms with Gasteiger partial charge in [0.05, 0.1) is 18.8 Å². The lowest BCUT2D eigenvalue weighted by atomic mass is 9.99. The summed E-state index contributed by atoms with van der Waals surface area (Å²) in [6.45, 7) is 3.69. The number of carbonyl (C=O) groups is 1. The van der Waals surface area contributed by atoms with Gasteiger partial charge < -0.3 is 9.47 Å². The van der Waals surface area contributed by atoms with Crippen molar-refractivity contribution in [2.45, 2.75) is 26.4 Å². The van der Waals surface area contributed by atoms with E-state index >= 15 is 0 Å². The zero-order valence-corrected chi connectivity index (χ0v) is 15.9. The molecule has 0 atom stereocenters. The summed E-state index contributed by atoms with van der Waals surface area (Å²) in [5.41, 5.74) is 5.27. The summed E-state index contributed by atoms with van der Waals surface area (Å²) in [6.07, 6.45) is 0.764. The monoisotopic (exact) mass is 360 g/mol. The van der Waals surface area contributed by atoms with E-state index < -0.39 is 0 Å². The molecule has 0 radical (unpaired) electrons. The molecule has 0 aliphatic carbocycles. The van der Waals surface area contributed by atoms with Gasteiger partial charge in [0, 0.05) is 0 Å². The molecule has 0 aromatic heterocycles. The van der Waals surface area contributed by atoms with Gasteiger partial charge >= 0.3 is 5.97 Å². The van der Waals surface area contributed by atoms with Crippen LogP contribution in [-0.2, 0) is 11.2 Å². The topological polar surface area (TPSA) is 35.5 Å². The lowest BCUT2D eigenvalue weighted by Crippen LogP contribution is -2.11. The number of hydrogen-bond acceptors (Lipinski definition) is 3. The smallest absolute Gasteiger partial charge is 0.338 e. The molecule has 3 heteroatoms. The van der Waals surface area contributed by atoms with E-state index in [1.54, 1.807) is 7.11 Å². The molecule has 0 N–H and O–H groups in total. The third-order valence-corrected chi connectivity index (χ3v) is 4.32. The average Bonchev–Trinajstić information content (AvgIpc) is 2.69. The maximum atomic E-state index is 11.9. The molecule has 27 heavy (non-hydrogen) atoms. The Morgan fingerprint density at radius 1 is 0.778 bits per heavy atom. The predicted octanol–water partition coefficient (Wildman–Crippen LogP) is 5.52. The summed E-state index contributed by atoms with van der Waals surface area (Å²) < 4.78 is 10.4. The minimum absolute atomic E-state index is 0.115. The van der Waals surface area contributed by atoms with Crippen LogP contribution in [0.15, 0.2) is 72.8 Å². The fraction of sp³-hybridized carbons (Fsp3) is 0.208. The number of rotatable bonds is 6. The first-order chi connectivity index (χ1) is 13.0. The van der Waals surface area contributed by atoms with E-state index in [1.165, 1.54) is 11.1 Å². The van der Waals surface area contributed by atoms with E-state index in [-0.39, 0.29) is 12.1 Å². The average molecular weight is 360 g/mol. The van der Waals surface area contributed by atoms with E-state index in [0.29, 0.717) is 5.56 Å². The predicted molar refractivity (Wildman–Crippen MR) is 108 cm³/mol. The first-order valence-corrected chi connectivity index (χ1v) is 9.08. The van der Waals surface area contributed by atoms with Crippen molar-refractivity contribution in [3.63, 3.8) is 0 Å². The van der Waals surface area contributed by atoms with Crippen LogP contribution in [-0.4, -0.2) is 19.2 Å². The minimum Gasteiger partial charge on any atom is -0.497 e. The van der Waals surface area contributed by atoms with Crippen LogP contribution in [0.2, 0.25) is 0 Å². The summed E-state index contributed by atoms with van der Waals surface area (Å²) in [5, 5.41) is 0. The van der Waals surface area contributed by atoms with E-state index in [1.807, 2.05) is 50.2 Å². The van der Waals surface area contributed by atoms with Crippen LogP contribution in [0.5, 0.6) is 5.75 Å². The number of esters is 1. The standard InChI is InChI=1S/C24H24O3/c1-17(2)27-24(25)22-12-10-21(11-13-22)20-8-4-18(5-9-20)16-19-6-14-23(26-3)15-7-19/h4-15,17H,16H2,1-3H3. The highest BCUT2D eigenvalue weighted by Gasteiger charge is 2.09. The fourth-order valence-corrected chi connectivity index (χ4v) is 2.88.